The number of benzene rings is 3. The van der Waals surface area contributed by atoms with Gasteiger partial charge in [0.15, 0.2) is 0 Å². The minimum atomic E-state index is -2.50. The fraction of sp³-hybridized carbons (Fsp3) is 0.395. The predicted octanol–water partition coefficient (Wildman–Crippen LogP) is 4.40. The molecule has 0 radical (unpaired) electrons. The van der Waals surface area contributed by atoms with Crippen molar-refractivity contribution >= 4 is 3.21 Å². The Morgan fingerprint density at radius 1 is 0.683 bits per heavy atom. The third-order valence-corrected chi connectivity index (χ3v) is 18.3. The van der Waals surface area contributed by atoms with Crippen LogP contribution in [0.1, 0.15) is 106 Å². The minimum Gasteiger partial charge on any atom is -1.00 e. The zero-order valence-electron chi connectivity index (χ0n) is 26.8. The Bertz CT molecular complexity index is 1490. The summed E-state index contributed by atoms with van der Waals surface area (Å²) in [7, 11) is 0. The van der Waals surface area contributed by atoms with Gasteiger partial charge in [-0.1, -0.05) is 0 Å². The summed E-state index contributed by atoms with van der Waals surface area (Å²) in [6, 6.07) is 24.3. The Kier molecular flexibility index (Phi) is 10.1. The van der Waals surface area contributed by atoms with Gasteiger partial charge in [0.05, 0.1) is 0 Å². The molecule has 0 saturated carbocycles. The summed E-state index contributed by atoms with van der Waals surface area (Å²) in [5.41, 5.74) is 15.0. The summed E-state index contributed by atoms with van der Waals surface area (Å²) in [6.45, 7) is 25.9. The molecule has 0 bridgehead atoms. The first kappa shape index (κ1) is 34.0. The standard InChI is InChI=1S/C21H25.C9H10.C8H11.2ClH.Zr/c1-20(2,3)16-9-7-14-11-15-8-10-17(21(4,5)6)13-19(15)18(14)12-16;1-3-9-6-4-8(2)5-7-9;1-6-4-7(2)8(3)5-6;;;/h7-13H,1-6H3;4-7H,1-2H3;4,6H,1-3H3;2*1H;/q;;;;;+2/p-2. The Balaban J connectivity index is 0.00000231. The molecule has 2 aliphatic carbocycles. The molecule has 0 heterocycles. The fourth-order valence-corrected chi connectivity index (χ4v) is 16.3. The van der Waals surface area contributed by atoms with Gasteiger partial charge in [0.1, 0.15) is 0 Å². The maximum Gasteiger partial charge on any atom is -1.00 e. The number of halogens is 2. The van der Waals surface area contributed by atoms with E-state index in [9.17, 15) is 0 Å². The first-order chi connectivity index (χ1) is 18.2. The van der Waals surface area contributed by atoms with Gasteiger partial charge in [-0.3, -0.25) is 0 Å². The van der Waals surface area contributed by atoms with Gasteiger partial charge in [0, 0.05) is 0 Å². The number of fused-ring (bicyclic) bond motifs is 3. The van der Waals surface area contributed by atoms with Gasteiger partial charge in [0.25, 0.3) is 0 Å². The molecule has 3 aromatic rings. The van der Waals surface area contributed by atoms with Crippen molar-refractivity contribution in [2.75, 3.05) is 0 Å². The van der Waals surface area contributed by atoms with Crippen LogP contribution in [0, 0.1) is 12.8 Å². The number of aryl methyl sites for hydroxylation is 1. The van der Waals surface area contributed by atoms with Crippen LogP contribution in [0.3, 0.4) is 0 Å². The third-order valence-electron chi connectivity index (χ3n) is 9.17. The van der Waals surface area contributed by atoms with Crippen molar-refractivity contribution in [1.82, 2.24) is 0 Å². The molecule has 1 atom stereocenters. The Hall–Kier alpha value is -1.53. The molecule has 1 unspecified atom stereocenters. The number of hydrogen-bond donors (Lipinski definition) is 0. The Morgan fingerprint density at radius 3 is 1.54 bits per heavy atom. The van der Waals surface area contributed by atoms with Crippen molar-refractivity contribution in [2.24, 2.45) is 5.92 Å². The quantitative estimate of drug-likeness (QED) is 0.390. The van der Waals surface area contributed by atoms with Gasteiger partial charge < -0.3 is 24.8 Å². The topological polar surface area (TPSA) is 0 Å². The van der Waals surface area contributed by atoms with E-state index in [4.69, 9.17) is 0 Å². The predicted molar refractivity (Wildman–Crippen MR) is 168 cm³/mol. The SMILES string of the molecule is CC1=CC(C)[C](/[Zr+2](=[C](\C)c2ccc(C)cc2)[CH]2c3ccc(C(C)(C)C)cc3-c3cc(C(C)(C)C)ccc32)=C1C.[Cl-].[Cl-]. The van der Waals surface area contributed by atoms with Crippen molar-refractivity contribution in [3.05, 3.63) is 115 Å². The second-order valence-corrected chi connectivity index (χ2v) is 20.7. The molecule has 0 fully saturated rings. The summed E-state index contributed by atoms with van der Waals surface area (Å²) in [4.78, 5) is 0. The summed E-state index contributed by atoms with van der Waals surface area (Å²) >= 11 is -2.50. The number of hydrogen-bond acceptors (Lipinski definition) is 0. The van der Waals surface area contributed by atoms with E-state index < -0.39 is 21.3 Å². The zero-order valence-corrected chi connectivity index (χ0v) is 30.7. The van der Waals surface area contributed by atoms with E-state index in [-0.39, 0.29) is 35.6 Å². The van der Waals surface area contributed by atoms with Crippen LogP contribution in [0.15, 0.2) is 81.2 Å². The van der Waals surface area contributed by atoms with E-state index in [0.29, 0.717) is 9.54 Å². The maximum absolute atomic E-state index is 2.53. The van der Waals surface area contributed by atoms with E-state index in [0.717, 1.165) is 0 Å². The third kappa shape index (κ3) is 6.25. The fourth-order valence-electron chi connectivity index (χ4n) is 6.61. The van der Waals surface area contributed by atoms with Gasteiger partial charge in [-0.15, -0.1) is 0 Å². The van der Waals surface area contributed by atoms with E-state index in [2.05, 4.69) is 143 Å². The average Bonchev–Trinajstić information content (AvgIpc) is 3.31. The van der Waals surface area contributed by atoms with Crippen molar-refractivity contribution in [3.8, 4) is 11.1 Å². The van der Waals surface area contributed by atoms with Gasteiger partial charge in [0.2, 0.25) is 0 Å². The maximum atomic E-state index is 2.53. The van der Waals surface area contributed by atoms with E-state index >= 15 is 0 Å². The first-order valence-electron chi connectivity index (χ1n) is 14.7. The molecule has 3 heteroatoms. The van der Waals surface area contributed by atoms with Crippen molar-refractivity contribution in [3.63, 3.8) is 0 Å². The molecular weight excluding hydrogens is 619 g/mol. The van der Waals surface area contributed by atoms with E-state index in [1.54, 1.807) is 23.2 Å². The zero-order chi connectivity index (χ0) is 28.4. The monoisotopic (exact) mass is 662 g/mol. The second-order valence-electron chi connectivity index (χ2n) is 14.1. The van der Waals surface area contributed by atoms with Crippen LogP contribution in [-0.2, 0) is 32.1 Å². The van der Waals surface area contributed by atoms with Crippen LogP contribution in [-0.4, -0.2) is 3.21 Å². The molecule has 2 aliphatic rings. The molecule has 0 aliphatic heterocycles. The molecule has 0 aromatic heterocycles. The normalized spacial score (nSPS) is 16.9. The van der Waals surface area contributed by atoms with Crippen LogP contribution >= 0.6 is 0 Å². The van der Waals surface area contributed by atoms with E-state index in [1.165, 1.54) is 39.0 Å². The van der Waals surface area contributed by atoms with Gasteiger partial charge >= 0.3 is 247 Å². The van der Waals surface area contributed by atoms with Gasteiger partial charge in [-0.25, -0.2) is 0 Å². The molecule has 0 N–H and O–H groups in total. The van der Waals surface area contributed by atoms with Gasteiger partial charge in [-0.2, -0.15) is 0 Å². The van der Waals surface area contributed by atoms with E-state index in [1.807, 2.05) is 0 Å². The van der Waals surface area contributed by atoms with Gasteiger partial charge in [-0.05, 0) is 0 Å². The van der Waals surface area contributed by atoms with Crippen molar-refractivity contribution < 1.29 is 46.1 Å². The largest absolute Gasteiger partial charge is 1.00 e. The van der Waals surface area contributed by atoms with Crippen LogP contribution in [0.25, 0.3) is 11.1 Å². The molecule has 3 aromatic carbocycles. The average molecular weight is 665 g/mol. The molecule has 41 heavy (non-hydrogen) atoms. The molecule has 0 nitrogen and oxygen atoms in total. The van der Waals surface area contributed by atoms with Crippen LogP contribution < -0.4 is 24.8 Å². The number of allylic oxidation sites excluding steroid dienone is 4. The number of rotatable bonds is 3. The molecule has 216 valence electrons. The summed E-state index contributed by atoms with van der Waals surface area (Å²) < 4.78 is 3.95. The van der Waals surface area contributed by atoms with Crippen LogP contribution in [0.4, 0.5) is 0 Å². The molecule has 5 rings (SSSR count). The van der Waals surface area contributed by atoms with Crippen LogP contribution in [0.5, 0.6) is 0 Å². The molecular formula is C38H46Cl2Zr. The molecule has 0 saturated heterocycles. The first-order valence-corrected chi connectivity index (χ1v) is 18.5. The summed E-state index contributed by atoms with van der Waals surface area (Å²) in [5, 5.41) is 0. The summed E-state index contributed by atoms with van der Waals surface area (Å²) in [5.74, 6) is 0.523. The van der Waals surface area contributed by atoms with Crippen LogP contribution in [0.2, 0.25) is 0 Å². The Labute approximate surface area is 269 Å². The molecule has 0 spiro atoms. The minimum absolute atomic E-state index is 0. The smallest absolute Gasteiger partial charge is 1.00 e. The van der Waals surface area contributed by atoms with Crippen molar-refractivity contribution in [2.45, 2.75) is 90.6 Å². The van der Waals surface area contributed by atoms with Crippen molar-refractivity contribution in [1.29, 1.82) is 0 Å². The Morgan fingerprint density at radius 2 is 1.15 bits per heavy atom. The second kappa shape index (κ2) is 12.2. The molecule has 0 amide bonds. The summed E-state index contributed by atoms with van der Waals surface area (Å²) in [6.07, 6.45) is 2.52.